The molecule has 4 atom stereocenters. The van der Waals surface area contributed by atoms with Crippen LogP contribution in [0.25, 0.3) is 11.2 Å². The SMILES string of the molecule is C[C@H]1[C@H](O)C(CO)O[C@H]1n1cnc2c(N)ncnc21. The average molecular weight is 265 g/mol. The van der Waals surface area contributed by atoms with Crippen LogP contribution in [0, 0.1) is 5.92 Å². The van der Waals surface area contributed by atoms with Gasteiger partial charge < -0.3 is 20.7 Å². The standard InChI is InChI=1S/C11H15N5O3/c1-5-8(18)6(2-17)19-11(5)16-4-15-7-9(12)13-3-14-10(7)16/h3-6,8,11,17-18H,2H2,1H3,(H2,12,13,14)/t5-,6?,8-,11+/m0/s1. The molecule has 2 aromatic rings. The minimum atomic E-state index is -0.730. The van der Waals surface area contributed by atoms with Crippen molar-refractivity contribution in [3.63, 3.8) is 0 Å². The van der Waals surface area contributed by atoms with E-state index in [1.54, 1.807) is 10.9 Å². The highest BCUT2D eigenvalue weighted by Gasteiger charge is 2.42. The molecule has 1 fully saturated rings. The zero-order valence-corrected chi connectivity index (χ0v) is 10.3. The van der Waals surface area contributed by atoms with Crippen molar-refractivity contribution < 1.29 is 14.9 Å². The molecule has 19 heavy (non-hydrogen) atoms. The van der Waals surface area contributed by atoms with Crippen LogP contribution in [-0.2, 0) is 4.74 Å². The summed E-state index contributed by atoms with van der Waals surface area (Å²) in [7, 11) is 0. The monoisotopic (exact) mass is 265 g/mol. The molecule has 0 aliphatic carbocycles. The Morgan fingerprint density at radius 2 is 2.21 bits per heavy atom. The van der Waals surface area contributed by atoms with Gasteiger partial charge in [-0.15, -0.1) is 0 Å². The van der Waals surface area contributed by atoms with Gasteiger partial charge >= 0.3 is 0 Å². The summed E-state index contributed by atoms with van der Waals surface area (Å²) in [5.74, 6) is 0.111. The first-order chi connectivity index (χ1) is 9.13. The van der Waals surface area contributed by atoms with E-state index < -0.39 is 18.4 Å². The number of aliphatic hydroxyl groups is 2. The molecular weight excluding hydrogens is 250 g/mol. The van der Waals surface area contributed by atoms with Crippen LogP contribution in [0.3, 0.4) is 0 Å². The number of nitrogen functional groups attached to an aromatic ring is 1. The molecule has 1 saturated heterocycles. The Hall–Kier alpha value is -1.77. The molecule has 0 bridgehead atoms. The van der Waals surface area contributed by atoms with Crippen LogP contribution in [0.15, 0.2) is 12.7 Å². The summed E-state index contributed by atoms with van der Waals surface area (Å²) in [5, 5.41) is 19.1. The first kappa shape index (κ1) is 12.3. The number of hydrogen-bond acceptors (Lipinski definition) is 7. The van der Waals surface area contributed by atoms with E-state index in [1.165, 1.54) is 6.33 Å². The van der Waals surface area contributed by atoms with Gasteiger partial charge in [0.15, 0.2) is 11.5 Å². The molecule has 0 aromatic carbocycles. The van der Waals surface area contributed by atoms with E-state index in [0.717, 1.165) is 0 Å². The summed E-state index contributed by atoms with van der Waals surface area (Å²) in [5.41, 5.74) is 6.78. The summed E-state index contributed by atoms with van der Waals surface area (Å²) < 4.78 is 7.35. The number of hydrogen-bond donors (Lipinski definition) is 3. The van der Waals surface area contributed by atoms with E-state index in [9.17, 15) is 10.2 Å². The number of anilines is 1. The van der Waals surface area contributed by atoms with Crippen LogP contribution in [0.4, 0.5) is 5.82 Å². The maximum absolute atomic E-state index is 9.98. The molecule has 3 heterocycles. The van der Waals surface area contributed by atoms with Crippen LogP contribution < -0.4 is 5.73 Å². The fourth-order valence-electron chi connectivity index (χ4n) is 2.42. The number of nitrogens with zero attached hydrogens (tertiary/aromatic N) is 4. The molecule has 1 aliphatic heterocycles. The largest absolute Gasteiger partial charge is 0.394 e. The van der Waals surface area contributed by atoms with Gasteiger partial charge in [-0.3, -0.25) is 4.57 Å². The molecule has 102 valence electrons. The van der Waals surface area contributed by atoms with Crippen LogP contribution in [0.5, 0.6) is 0 Å². The topological polar surface area (TPSA) is 119 Å². The van der Waals surface area contributed by atoms with Gasteiger partial charge in [-0.05, 0) is 0 Å². The number of rotatable bonds is 2. The van der Waals surface area contributed by atoms with Gasteiger partial charge in [-0.1, -0.05) is 6.92 Å². The van der Waals surface area contributed by atoms with Crippen molar-refractivity contribution in [2.75, 3.05) is 12.3 Å². The fraction of sp³-hybridized carbons (Fsp3) is 0.545. The molecule has 3 rings (SSSR count). The van der Waals surface area contributed by atoms with Crippen molar-refractivity contribution in [2.45, 2.75) is 25.4 Å². The van der Waals surface area contributed by atoms with Crippen molar-refractivity contribution in [2.24, 2.45) is 5.92 Å². The first-order valence-electron chi connectivity index (χ1n) is 6.01. The molecule has 0 radical (unpaired) electrons. The summed E-state index contributed by atoms with van der Waals surface area (Å²) >= 11 is 0. The Morgan fingerprint density at radius 1 is 1.42 bits per heavy atom. The lowest BCUT2D eigenvalue weighted by molar-refractivity contribution is -0.0447. The van der Waals surface area contributed by atoms with E-state index in [2.05, 4.69) is 15.0 Å². The van der Waals surface area contributed by atoms with Crippen LogP contribution in [0.2, 0.25) is 0 Å². The van der Waals surface area contributed by atoms with Crippen LogP contribution >= 0.6 is 0 Å². The Bertz CT molecular complexity index is 601. The summed E-state index contributed by atoms with van der Waals surface area (Å²) in [4.78, 5) is 12.2. The molecule has 4 N–H and O–H groups in total. The Morgan fingerprint density at radius 3 is 2.89 bits per heavy atom. The van der Waals surface area contributed by atoms with Crippen LogP contribution in [0.1, 0.15) is 13.2 Å². The first-order valence-corrected chi connectivity index (χ1v) is 6.01. The van der Waals surface area contributed by atoms with Gasteiger partial charge in [-0.25, -0.2) is 15.0 Å². The molecule has 8 heteroatoms. The molecule has 1 aliphatic rings. The zero-order chi connectivity index (χ0) is 13.6. The van der Waals surface area contributed by atoms with E-state index >= 15 is 0 Å². The lowest BCUT2D eigenvalue weighted by Crippen LogP contribution is -2.28. The molecule has 8 nitrogen and oxygen atoms in total. The van der Waals surface area contributed by atoms with Crippen molar-refractivity contribution >= 4 is 17.0 Å². The number of aliphatic hydroxyl groups excluding tert-OH is 2. The van der Waals surface area contributed by atoms with Gasteiger partial charge in [0.25, 0.3) is 0 Å². The number of ether oxygens (including phenoxy) is 1. The fourth-order valence-corrected chi connectivity index (χ4v) is 2.42. The smallest absolute Gasteiger partial charge is 0.167 e. The lowest BCUT2D eigenvalue weighted by atomic mass is 10.0. The summed E-state index contributed by atoms with van der Waals surface area (Å²) in [6, 6.07) is 0. The number of fused-ring (bicyclic) bond motifs is 1. The molecule has 0 saturated carbocycles. The molecule has 1 unspecified atom stereocenters. The van der Waals surface area contributed by atoms with E-state index in [0.29, 0.717) is 17.0 Å². The quantitative estimate of drug-likeness (QED) is 0.656. The molecule has 0 amide bonds. The van der Waals surface area contributed by atoms with E-state index in [-0.39, 0.29) is 12.5 Å². The van der Waals surface area contributed by atoms with E-state index in [4.69, 9.17) is 10.5 Å². The molecule has 2 aromatic heterocycles. The van der Waals surface area contributed by atoms with Crippen LogP contribution in [-0.4, -0.2) is 48.5 Å². The third-order valence-corrected chi connectivity index (χ3v) is 3.52. The Balaban J connectivity index is 2.04. The van der Waals surface area contributed by atoms with E-state index in [1.807, 2.05) is 6.92 Å². The predicted octanol–water partition coefficient (Wildman–Crippen LogP) is -0.705. The highest BCUT2D eigenvalue weighted by atomic mass is 16.5. The third-order valence-electron chi connectivity index (χ3n) is 3.52. The Labute approximate surface area is 108 Å². The number of imidazole rings is 1. The van der Waals surface area contributed by atoms with Gasteiger partial charge in [0, 0.05) is 5.92 Å². The highest BCUT2D eigenvalue weighted by molar-refractivity contribution is 5.81. The maximum atomic E-state index is 9.98. The third kappa shape index (κ3) is 1.76. The summed E-state index contributed by atoms with van der Waals surface area (Å²) in [6.45, 7) is 1.62. The van der Waals surface area contributed by atoms with Crippen molar-refractivity contribution in [1.29, 1.82) is 0 Å². The second-order valence-electron chi connectivity index (χ2n) is 4.68. The van der Waals surface area contributed by atoms with Gasteiger partial charge in [0.05, 0.1) is 19.0 Å². The van der Waals surface area contributed by atoms with Gasteiger partial charge in [-0.2, -0.15) is 0 Å². The number of aromatic nitrogens is 4. The Kier molecular flexibility index (Phi) is 2.85. The second kappa shape index (κ2) is 4.41. The summed E-state index contributed by atoms with van der Waals surface area (Å²) in [6.07, 6.45) is 1.15. The van der Waals surface area contributed by atoms with Gasteiger partial charge in [0.2, 0.25) is 0 Å². The predicted molar refractivity (Wildman–Crippen MR) is 65.9 cm³/mol. The number of nitrogens with two attached hydrogens (primary N) is 1. The normalized spacial score (nSPS) is 31.1. The van der Waals surface area contributed by atoms with Crippen molar-refractivity contribution in [3.8, 4) is 0 Å². The zero-order valence-electron chi connectivity index (χ0n) is 10.3. The minimum Gasteiger partial charge on any atom is -0.394 e. The molecule has 0 spiro atoms. The van der Waals surface area contributed by atoms with Gasteiger partial charge in [0.1, 0.15) is 24.2 Å². The van der Waals surface area contributed by atoms with Crippen molar-refractivity contribution in [3.05, 3.63) is 12.7 Å². The molecular formula is C11H15N5O3. The lowest BCUT2D eigenvalue weighted by Gasteiger charge is -2.17. The van der Waals surface area contributed by atoms with Crippen molar-refractivity contribution in [1.82, 2.24) is 19.5 Å². The minimum absolute atomic E-state index is 0.189. The highest BCUT2D eigenvalue weighted by Crippen LogP contribution is 2.35. The maximum Gasteiger partial charge on any atom is 0.167 e. The second-order valence-corrected chi connectivity index (χ2v) is 4.68. The average Bonchev–Trinajstić information content (AvgIpc) is 2.94.